The number of rotatable bonds is 7. The van der Waals surface area contributed by atoms with E-state index in [0.29, 0.717) is 31.7 Å². The summed E-state index contributed by atoms with van der Waals surface area (Å²) in [5.74, 6) is -10.1. The fourth-order valence-electron chi connectivity index (χ4n) is 11.2. The van der Waals surface area contributed by atoms with Crippen LogP contribution < -0.4 is 20.5 Å². The number of amides is 1. The molecular weight excluding hydrogens is 995 g/mol. The molecule has 5 aliphatic rings. The number of esters is 1. The molecule has 0 spiro atoms. The molecule has 4 aliphatic heterocycles. The number of Topliss-reactive ketones (excluding diaryl/α,β-unsaturated/α-hetero) is 1. The van der Waals surface area contributed by atoms with E-state index >= 15 is 0 Å². The number of fused-ring (bicyclic) bond motifs is 15. The molecule has 0 radical (unpaired) electrons. The van der Waals surface area contributed by atoms with Gasteiger partial charge in [-0.1, -0.05) is 45.9 Å². The fourth-order valence-corrected chi connectivity index (χ4v) is 11.2. The number of aliphatic hydroxyl groups is 2. The van der Waals surface area contributed by atoms with Crippen LogP contribution in [-0.4, -0.2) is 133 Å². The first-order valence-electron chi connectivity index (χ1n) is 25.9. The Bertz CT molecular complexity index is 3260. The van der Waals surface area contributed by atoms with Crippen molar-refractivity contribution in [2.45, 2.75) is 118 Å². The molecule has 5 bridgehead atoms. The number of aromatic nitrogens is 1. The third kappa shape index (κ3) is 10.2. The fraction of sp³-hybridized carbons (Fsp3) is 0.474. The molecule has 1 aliphatic carbocycles. The van der Waals surface area contributed by atoms with E-state index in [4.69, 9.17) is 24.0 Å². The van der Waals surface area contributed by atoms with Crippen LogP contribution >= 0.6 is 0 Å². The smallest absolute Gasteiger partial charge is 0.341 e. The Kier molecular flexibility index (Phi) is 15.6. The summed E-state index contributed by atoms with van der Waals surface area (Å²) < 4.78 is 25.3. The van der Waals surface area contributed by atoms with Crippen molar-refractivity contribution in [3.63, 3.8) is 0 Å². The van der Waals surface area contributed by atoms with E-state index in [1.165, 1.54) is 69.9 Å². The van der Waals surface area contributed by atoms with Gasteiger partial charge in [-0.25, -0.2) is 4.79 Å². The highest BCUT2D eigenvalue weighted by molar-refractivity contribution is 6.24. The summed E-state index contributed by atoms with van der Waals surface area (Å²) >= 11 is 0. The van der Waals surface area contributed by atoms with Crippen LogP contribution in [0.5, 0.6) is 23.0 Å². The van der Waals surface area contributed by atoms with Gasteiger partial charge in [-0.2, -0.15) is 5.10 Å². The second-order valence-electron chi connectivity index (χ2n) is 21.2. The lowest BCUT2D eigenvalue weighted by molar-refractivity contribution is -0.160. The van der Waals surface area contributed by atoms with E-state index in [1.54, 1.807) is 51.1 Å². The molecule has 9 rings (SSSR count). The van der Waals surface area contributed by atoms with Crippen LogP contribution in [0.2, 0.25) is 0 Å². The number of benzene rings is 2. The minimum absolute atomic E-state index is 0.0126. The quantitative estimate of drug-likeness (QED) is 0.0438. The number of carbonyl (C=O) groups excluding carboxylic acids is 3. The SMILES string of the molecule is CO[C@H]1C=CO[C@@]2(C)Oc3c(C)c(O)c4c(O)c(c(C=NN5CCN(c6c(C)cn7c(=O)c(C(=O)O)cc(C8CC8)c7c6C)CC5)c(O)c4c3C2=O)NC(=O)C(C)=CC=C[C@H](C)[C@H](O)[C@@H](C)[C@@H](O)[C@@H](C)[C@H](OC(C)=O)[C@@H]1C. The molecule has 9 atom stereocenters. The highest BCUT2D eigenvalue weighted by Crippen LogP contribution is 2.55. The third-order valence-electron chi connectivity index (χ3n) is 15.9. The highest BCUT2D eigenvalue weighted by atomic mass is 16.7. The zero-order valence-electron chi connectivity index (χ0n) is 45.2. The topological polar surface area (TPSA) is 279 Å². The Morgan fingerprint density at radius 1 is 0.883 bits per heavy atom. The van der Waals surface area contributed by atoms with Gasteiger partial charge >= 0.3 is 17.7 Å². The Labute approximate surface area is 445 Å². The number of carbonyl (C=O) groups is 4. The zero-order chi connectivity index (χ0) is 56.3. The van der Waals surface area contributed by atoms with E-state index in [0.717, 1.165) is 35.2 Å². The van der Waals surface area contributed by atoms with Crippen molar-refractivity contribution in [3.05, 3.63) is 97.7 Å². The van der Waals surface area contributed by atoms with E-state index in [1.807, 2.05) is 13.8 Å². The minimum Gasteiger partial charge on any atom is -0.507 e. The first-order chi connectivity index (χ1) is 36.3. The molecular formula is C57H69N5O15. The summed E-state index contributed by atoms with van der Waals surface area (Å²) in [6, 6.07) is 1.51. The Morgan fingerprint density at radius 3 is 2.18 bits per heavy atom. The van der Waals surface area contributed by atoms with Crippen molar-refractivity contribution in [1.82, 2.24) is 9.41 Å². The number of anilines is 2. The van der Waals surface area contributed by atoms with E-state index in [-0.39, 0.29) is 56.0 Å². The van der Waals surface area contributed by atoms with Gasteiger partial charge in [0.1, 0.15) is 28.9 Å². The second-order valence-corrected chi connectivity index (χ2v) is 21.2. The summed E-state index contributed by atoms with van der Waals surface area (Å²) in [6.07, 6.45) is 8.05. The Hall–Kier alpha value is -7.42. The van der Waals surface area contributed by atoms with Crippen molar-refractivity contribution in [3.8, 4) is 23.0 Å². The summed E-state index contributed by atoms with van der Waals surface area (Å²) in [5, 5.41) is 77.9. The van der Waals surface area contributed by atoms with Gasteiger partial charge in [0.05, 0.1) is 71.6 Å². The molecule has 6 heterocycles. The molecule has 0 unspecified atom stereocenters. The summed E-state index contributed by atoms with van der Waals surface area (Å²) in [6.45, 7) is 17.8. The predicted octanol–water partition coefficient (Wildman–Crippen LogP) is 6.72. The number of hydrogen-bond acceptors (Lipinski definition) is 17. The van der Waals surface area contributed by atoms with Gasteiger partial charge in [-0.05, 0) is 75.3 Å². The average molecular weight is 1060 g/mol. The maximum atomic E-state index is 14.7. The Balaban J connectivity index is 1.19. The largest absolute Gasteiger partial charge is 0.507 e. The number of methoxy groups -OCH3 is 1. The van der Waals surface area contributed by atoms with Crippen molar-refractivity contribution in [2.75, 3.05) is 43.5 Å². The van der Waals surface area contributed by atoms with Gasteiger partial charge in [0, 0.05) is 86.1 Å². The molecule has 1 saturated carbocycles. The van der Waals surface area contributed by atoms with Gasteiger partial charge in [0.25, 0.3) is 17.2 Å². The lowest BCUT2D eigenvalue weighted by Crippen LogP contribution is -2.46. The molecule has 7 N–H and O–H groups in total. The van der Waals surface area contributed by atoms with Crippen LogP contribution in [0.3, 0.4) is 0 Å². The van der Waals surface area contributed by atoms with Gasteiger partial charge in [0.15, 0.2) is 5.75 Å². The number of phenolic OH excluding ortho intramolecular Hbond substituents is 3. The van der Waals surface area contributed by atoms with Crippen LogP contribution in [0.15, 0.2) is 58.3 Å². The summed E-state index contributed by atoms with van der Waals surface area (Å²) in [7, 11) is 1.42. The summed E-state index contributed by atoms with van der Waals surface area (Å²) in [5.41, 5.74) is 2.53. The van der Waals surface area contributed by atoms with Crippen LogP contribution in [0.25, 0.3) is 16.3 Å². The molecule has 77 heavy (non-hydrogen) atoms. The van der Waals surface area contributed by atoms with Crippen LogP contribution in [0.4, 0.5) is 11.4 Å². The van der Waals surface area contributed by atoms with Gasteiger partial charge in [0.2, 0.25) is 0 Å². The molecule has 1 amide bonds. The number of aliphatic hydroxyl groups excluding tert-OH is 2. The highest BCUT2D eigenvalue weighted by Gasteiger charge is 2.50. The van der Waals surface area contributed by atoms with E-state index in [9.17, 15) is 54.6 Å². The predicted molar refractivity (Wildman–Crippen MR) is 287 cm³/mol. The lowest BCUT2D eigenvalue weighted by atomic mass is 9.78. The number of ketones is 1. The Morgan fingerprint density at radius 2 is 1.56 bits per heavy atom. The van der Waals surface area contributed by atoms with Crippen LogP contribution in [0.1, 0.15) is 116 Å². The number of aromatic hydroxyl groups is 3. The number of phenols is 3. The molecule has 20 heteroatoms. The molecule has 2 fully saturated rings. The molecule has 4 aromatic rings. The van der Waals surface area contributed by atoms with Gasteiger partial charge in [-0.15, -0.1) is 0 Å². The number of aromatic carboxylic acids is 1. The second kappa shape index (κ2) is 21.5. The molecule has 20 nitrogen and oxygen atoms in total. The van der Waals surface area contributed by atoms with Crippen molar-refractivity contribution in [2.24, 2.45) is 28.8 Å². The number of nitrogens with zero attached hydrogens (tertiary/aromatic N) is 4. The van der Waals surface area contributed by atoms with Gasteiger partial charge < -0.3 is 59.8 Å². The molecule has 412 valence electrons. The number of ether oxygens (including phenoxy) is 4. The number of pyridine rings is 2. The van der Waals surface area contributed by atoms with Crippen LogP contribution in [-0.2, 0) is 23.8 Å². The van der Waals surface area contributed by atoms with Crippen molar-refractivity contribution >= 4 is 57.5 Å². The molecule has 2 aromatic heterocycles. The third-order valence-corrected chi connectivity index (χ3v) is 15.9. The number of hydrogen-bond donors (Lipinski definition) is 7. The normalized spacial score (nSPS) is 26.6. The van der Waals surface area contributed by atoms with Crippen molar-refractivity contribution < 1.29 is 68.8 Å². The molecule has 1 saturated heterocycles. The van der Waals surface area contributed by atoms with E-state index in [2.05, 4.69) is 10.2 Å². The summed E-state index contributed by atoms with van der Waals surface area (Å²) in [4.78, 5) is 68.9. The standard InChI is InChI=1S/C57H69N5O15/c1-26-13-12-14-27(2)54(70)59-43-38(24-58-61-20-18-60(19-21-61)44-28(3)25-62-45(30(44)5)36(35-15-16-35)23-37(55(62)71)56(72)73)49(67)40-41(50(43)68)48(66)33(8)52-42(40)53(69)57(10,77-52)75-22-17-39(74-11)29(4)51(76-34(9)63)32(7)47(65)31(6)46(26)64/h12-14,17,22-26,29,31-32,35,39,46-47,51,64-68H,15-16,18-21H2,1-11H3,(H,59,70)(H,72,73)/t26-,29+,31+,32+,39-,46-,47+,51+,57-/m0/s1. The number of nitrogens with one attached hydrogen (secondary N) is 1. The number of hydrazone groups is 1. The van der Waals surface area contributed by atoms with E-state index < -0.39 is 100 Å². The monoisotopic (exact) mass is 1060 g/mol. The number of carboxylic acids is 1. The van der Waals surface area contributed by atoms with Gasteiger partial charge in [-0.3, -0.25) is 28.6 Å². The first-order valence-corrected chi connectivity index (χ1v) is 25.9. The average Bonchev–Trinajstić information content (AvgIpc) is 4.21. The number of carboxylic acid groups (broad SMARTS) is 1. The minimum atomic E-state index is -2.11. The number of allylic oxidation sites excluding steroid dienone is 2. The number of aryl methyl sites for hydroxylation is 2. The zero-order valence-corrected chi connectivity index (χ0v) is 45.2. The maximum Gasteiger partial charge on any atom is 0.341 e. The van der Waals surface area contributed by atoms with Crippen LogP contribution in [0, 0.1) is 44.4 Å². The molecule has 2 aromatic carbocycles. The first kappa shape index (κ1) is 55.8. The number of piperazine rings is 1. The lowest BCUT2D eigenvalue weighted by Gasteiger charge is -2.38. The van der Waals surface area contributed by atoms with Crippen molar-refractivity contribution in [1.29, 1.82) is 0 Å². The maximum absolute atomic E-state index is 14.7.